The summed E-state index contributed by atoms with van der Waals surface area (Å²) in [6.07, 6.45) is 10.1. The summed E-state index contributed by atoms with van der Waals surface area (Å²) in [5.74, 6) is 1.64. The van der Waals surface area contributed by atoms with E-state index in [0.29, 0.717) is 35.8 Å². The molecule has 0 saturated heterocycles. The standard InChI is InChI=1S/C26H35NO5/c1-7-32-26(28)21(14-10-8-9-12-20-13-11-15-27-17-20)16-22-18(2)24(30-5)25(31-6)19(3)23(22)29-4/h11,13,15-17H,7-10,12,14H2,1-6H3. The number of nitrogens with zero attached hydrogens (tertiary/aromatic N) is 1. The van der Waals surface area contributed by atoms with Crippen molar-refractivity contribution in [3.8, 4) is 17.2 Å². The summed E-state index contributed by atoms with van der Waals surface area (Å²) in [7, 11) is 4.83. The summed E-state index contributed by atoms with van der Waals surface area (Å²) in [6.45, 7) is 6.00. The fourth-order valence-corrected chi connectivity index (χ4v) is 3.87. The third kappa shape index (κ3) is 6.25. The van der Waals surface area contributed by atoms with Crippen molar-refractivity contribution in [3.63, 3.8) is 0 Å². The number of unbranched alkanes of at least 4 members (excludes halogenated alkanes) is 2. The van der Waals surface area contributed by atoms with Crippen LogP contribution in [0.2, 0.25) is 0 Å². The second kappa shape index (κ2) is 12.7. The van der Waals surface area contributed by atoms with Gasteiger partial charge < -0.3 is 18.9 Å². The topological polar surface area (TPSA) is 66.9 Å². The van der Waals surface area contributed by atoms with Crippen LogP contribution in [0.5, 0.6) is 17.2 Å². The van der Waals surface area contributed by atoms with Gasteiger partial charge in [-0.3, -0.25) is 4.98 Å². The molecule has 32 heavy (non-hydrogen) atoms. The largest absolute Gasteiger partial charge is 0.496 e. The number of carbonyl (C=O) groups excluding carboxylic acids is 1. The molecular weight excluding hydrogens is 406 g/mol. The van der Waals surface area contributed by atoms with Gasteiger partial charge in [0.1, 0.15) is 5.75 Å². The molecule has 1 aromatic carbocycles. The maximum atomic E-state index is 12.7. The average molecular weight is 442 g/mol. The Hall–Kier alpha value is -3.02. The number of ether oxygens (including phenoxy) is 4. The molecule has 0 radical (unpaired) electrons. The summed E-state index contributed by atoms with van der Waals surface area (Å²) < 4.78 is 22.2. The number of pyridine rings is 1. The van der Waals surface area contributed by atoms with Gasteiger partial charge in [-0.15, -0.1) is 0 Å². The fraction of sp³-hybridized carbons (Fsp3) is 0.462. The molecule has 0 amide bonds. The van der Waals surface area contributed by atoms with Crippen molar-refractivity contribution in [1.29, 1.82) is 0 Å². The van der Waals surface area contributed by atoms with Crippen molar-refractivity contribution < 1.29 is 23.7 Å². The highest BCUT2D eigenvalue weighted by Crippen LogP contribution is 2.44. The Labute approximate surface area is 191 Å². The zero-order valence-electron chi connectivity index (χ0n) is 20.1. The molecule has 0 aliphatic carbocycles. The molecule has 0 atom stereocenters. The Balaban J connectivity index is 2.27. The Kier molecular flexibility index (Phi) is 10.1. The van der Waals surface area contributed by atoms with Gasteiger partial charge in [0.2, 0.25) is 0 Å². The van der Waals surface area contributed by atoms with Crippen LogP contribution in [-0.4, -0.2) is 38.9 Å². The fourth-order valence-electron chi connectivity index (χ4n) is 3.87. The first kappa shape index (κ1) is 25.2. The number of hydrogen-bond acceptors (Lipinski definition) is 6. The van der Waals surface area contributed by atoms with Crippen LogP contribution in [0.1, 0.15) is 54.9 Å². The third-order valence-corrected chi connectivity index (χ3v) is 5.48. The Morgan fingerprint density at radius 2 is 1.66 bits per heavy atom. The van der Waals surface area contributed by atoms with Crippen LogP contribution in [0.3, 0.4) is 0 Å². The molecule has 6 nitrogen and oxygen atoms in total. The molecule has 1 heterocycles. The Morgan fingerprint density at radius 3 is 2.25 bits per heavy atom. The van der Waals surface area contributed by atoms with Crippen LogP contribution < -0.4 is 14.2 Å². The molecule has 0 aliphatic rings. The van der Waals surface area contributed by atoms with Crippen LogP contribution >= 0.6 is 0 Å². The van der Waals surface area contributed by atoms with Crippen molar-refractivity contribution in [3.05, 3.63) is 52.4 Å². The number of carbonyl (C=O) groups is 1. The molecule has 0 unspecified atom stereocenters. The van der Waals surface area contributed by atoms with E-state index in [1.807, 2.05) is 39.1 Å². The second-order valence-electron chi connectivity index (χ2n) is 7.58. The van der Waals surface area contributed by atoms with E-state index in [1.165, 1.54) is 5.56 Å². The molecule has 0 fully saturated rings. The summed E-state index contributed by atoms with van der Waals surface area (Å²) in [6, 6.07) is 4.04. The van der Waals surface area contributed by atoms with E-state index >= 15 is 0 Å². The molecule has 0 aliphatic heterocycles. The van der Waals surface area contributed by atoms with Crippen LogP contribution in [0, 0.1) is 13.8 Å². The smallest absolute Gasteiger partial charge is 0.334 e. The van der Waals surface area contributed by atoms with Gasteiger partial charge in [-0.25, -0.2) is 4.79 Å². The van der Waals surface area contributed by atoms with Crippen LogP contribution in [0.15, 0.2) is 30.1 Å². The molecule has 1 aromatic heterocycles. The highest BCUT2D eigenvalue weighted by Gasteiger charge is 2.22. The van der Waals surface area contributed by atoms with E-state index < -0.39 is 0 Å². The summed E-state index contributed by atoms with van der Waals surface area (Å²) >= 11 is 0. The minimum absolute atomic E-state index is 0.298. The van der Waals surface area contributed by atoms with Crippen molar-refractivity contribution in [2.75, 3.05) is 27.9 Å². The molecular formula is C26H35NO5. The van der Waals surface area contributed by atoms with E-state index in [9.17, 15) is 4.79 Å². The van der Waals surface area contributed by atoms with Crippen LogP contribution in [0.25, 0.3) is 6.08 Å². The number of benzene rings is 1. The van der Waals surface area contributed by atoms with Crippen molar-refractivity contribution in [1.82, 2.24) is 4.98 Å². The maximum Gasteiger partial charge on any atom is 0.334 e. The van der Waals surface area contributed by atoms with Gasteiger partial charge in [-0.2, -0.15) is 0 Å². The zero-order valence-corrected chi connectivity index (χ0v) is 20.1. The lowest BCUT2D eigenvalue weighted by Crippen LogP contribution is -2.09. The Bertz CT molecular complexity index is 922. The lowest BCUT2D eigenvalue weighted by atomic mass is 9.96. The van der Waals surface area contributed by atoms with Gasteiger partial charge >= 0.3 is 5.97 Å². The summed E-state index contributed by atoms with van der Waals surface area (Å²) in [5, 5.41) is 0. The van der Waals surface area contributed by atoms with Crippen LogP contribution in [0.4, 0.5) is 0 Å². The first-order chi connectivity index (χ1) is 15.5. The lowest BCUT2D eigenvalue weighted by molar-refractivity contribution is -0.138. The monoisotopic (exact) mass is 441 g/mol. The minimum atomic E-state index is -0.298. The van der Waals surface area contributed by atoms with E-state index in [2.05, 4.69) is 11.1 Å². The van der Waals surface area contributed by atoms with Gasteiger partial charge in [0, 0.05) is 34.7 Å². The summed E-state index contributed by atoms with van der Waals surface area (Å²) in [4.78, 5) is 16.9. The van der Waals surface area contributed by atoms with Crippen molar-refractivity contribution in [2.45, 2.75) is 52.9 Å². The predicted octanol–water partition coefficient (Wildman–Crippen LogP) is 5.47. The van der Waals surface area contributed by atoms with E-state index in [1.54, 1.807) is 27.5 Å². The molecule has 0 bridgehead atoms. The highest BCUT2D eigenvalue weighted by atomic mass is 16.5. The highest BCUT2D eigenvalue weighted by molar-refractivity contribution is 5.95. The van der Waals surface area contributed by atoms with Gasteiger partial charge in [0.15, 0.2) is 11.5 Å². The van der Waals surface area contributed by atoms with Gasteiger partial charge in [-0.1, -0.05) is 12.5 Å². The number of aryl methyl sites for hydroxylation is 1. The third-order valence-electron chi connectivity index (χ3n) is 5.48. The summed E-state index contributed by atoms with van der Waals surface area (Å²) in [5.41, 5.74) is 4.34. The minimum Gasteiger partial charge on any atom is -0.496 e. The van der Waals surface area contributed by atoms with Crippen molar-refractivity contribution >= 4 is 12.0 Å². The maximum absolute atomic E-state index is 12.7. The molecule has 0 saturated carbocycles. The number of esters is 1. The number of hydrogen-bond donors (Lipinski definition) is 0. The number of rotatable bonds is 12. The molecule has 0 N–H and O–H groups in total. The number of methoxy groups -OCH3 is 3. The van der Waals surface area contributed by atoms with Gasteiger partial charge in [0.25, 0.3) is 0 Å². The first-order valence-corrected chi connectivity index (χ1v) is 11.0. The molecule has 174 valence electrons. The normalized spacial score (nSPS) is 11.2. The van der Waals surface area contributed by atoms with Gasteiger partial charge in [0.05, 0.1) is 27.9 Å². The zero-order chi connectivity index (χ0) is 23.5. The predicted molar refractivity (Wildman–Crippen MR) is 127 cm³/mol. The second-order valence-corrected chi connectivity index (χ2v) is 7.58. The quantitative estimate of drug-likeness (QED) is 0.247. The van der Waals surface area contributed by atoms with E-state index in [0.717, 1.165) is 42.4 Å². The number of aromatic nitrogens is 1. The van der Waals surface area contributed by atoms with Crippen molar-refractivity contribution in [2.24, 2.45) is 0 Å². The van der Waals surface area contributed by atoms with E-state index in [-0.39, 0.29) is 5.97 Å². The lowest BCUT2D eigenvalue weighted by Gasteiger charge is -2.20. The van der Waals surface area contributed by atoms with Crippen LogP contribution in [-0.2, 0) is 16.0 Å². The molecule has 0 spiro atoms. The van der Waals surface area contributed by atoms with Gasteiger partial charge in [-0.05, 0) is 64.2 Å². The SMILES string of the molecule is CCOC(=O)C(=Cc1c(C)c(OC)c(OC)c(C)c1OC)CCCCCc1cccnc1. The molecule has 2 aromatic rings. The Morgan fingerprint density at radius 1 is 0.969 bits per heavy atom. The average Bonchev–Trinajstić information content (AvgIpc) is 2.80. The molecule has 6 heteroatoms. The molecule has 2 rings (SSSR count). The van der Waals surface area contributed by atoms with E-state index in [4.69, 9.17) is 18.9 Å². The first-order valence-electron chi connectivity index (χ1n) is 11.0.